The Bertz CT molecular complexity index is 679. The number of amides is 2. The molecule has 1 N–H and O–H groups in total. The minimum Gasteiger partial charge on any atom is -0.467 e. The van der Waals surface area contributed by atoms with Crippen LogP contribution in [0.3, 0.4) is 0 Å². The highest BCUT2D eigenvalue weighted by atomic mass is 32.2. The fourth-order valence-electron chi connectivity index (χ4n) is 2.19. The van der Waals surface area contributed by atoms with Crippen LogP contribution >= 0.6 is 23.1 Å². The number of furan rings is 1. The van der Waals surface area contributed by atoms with Gasteiger partial charge < -0.3 is 14.6 Å². The van der Waals surface area contributed by atoms with Gasteiger partial charge in [0.1, 0.15) is 12.3 Å². The minimum absolute atomic E-state index is 0.0221. The number of nitrogens with zero attached hydrogens (tertiary/aromatic N) is 1. The molecule has 22 heavy (non-hydrogen) atoms. The second-order valence-electron chi connectivity index (χ2n) is 4.86. The van der Waals surface area contributed by atoms with E-state index in [1.165, 1.54) is 4.88 Å². The second-order valence-corrected chi connectivity index (χ2v) is 7.24. The van der Waals surface area contributed by atoms with E-state index in [1.807, 2.05) is 6.07 Å². The number of anilines is 1. The molecule has 1 aliphatic rings. The fraction of sp³-hybridized carbons (Fsp3) is 0.333. The number of thioether (sulfide) groups is 1. The number of aryl methyl sites for hydroxylation is 1. The van der Waals surface area contributed by atoms with Crippen molar-refractivity contribution < 1.29 is 14.0 Å². The van der Waals surface area contributed by atoms with E-state index in [9.17, 15) is 9.59 Å². The Morgan fingerprint density at radius 1 is 1.50 bits per heavy atom. The Balaban J connectivity index is 1.67. The largest absolute Gasteiger partial charge is 0.467 e. The molecular weight excluding hydrogens is 320 g/mol. The molecule has 3 rings (SSSR count). The molecule has 0 aromatic carbocycles. The summed E-state index contributed by atoms with van der Waals surface area (Å²) in [6, 6.07) is 5.59. The van der Waals surface area contributed by atoms with Gasteiger partial charge >= 0.3 is 0 Å². The van der Waals surface area contributed by atoms with E-state index in [0.29, 0.717) is 18.1 Å². The molecule has 0 atom stereocenters. The molecule has 0 saturated heterocycles. The van der Waals surface area contributed by atoms with Gasteiger partial charge in [-0.25, -0.2) is 0 Å². The molecule has 0 aliphatic carbocycles. The van der Waals surface area contributed by atoms with Crippen molar-refractivity contribution in [3.63, 3.8) is 0 Å². The summed E-state index contributed by atoms with van der Waals surface area (Å²) >= 11 is 3.26. The second kappa shape index (κ2) is 6.58. The van der Waals surface area contributed by atoms with Crippen molar-refractivity contribution in [2.24, 2.45) is 0 Å². The molecule has 2 amide bonds. The predicted octanol–water partition coefficient (Wildman–Crippen LogP) is 2.66. The molecule has 116 valence electrons. The molecule has 2 aromatic heterocycles. The van der Waals surface area contributed by atoms with Crippen LogP contribution in [0.15, 0.2) is 33.1 Å². The van der Waals surface area contributed by atoms with E-state index >= 15 is 0 Å². The fourth-order valence-corrected chi connectivity index (χ4v) is 4.48. The van der Waals surface area contributed by atoms with E-state index < -0.39 is 0 Å². The van der Waals surface area contributed by atoms with Crippen molar-refractivity contribution in [1.82, 2.24) is 5.32 Å². The van der Waals surface area contributed by atoms with Crippen molar-refractivity contribution in [3.05, 3.63) is 35.1 Å². The van der Waals surface area contributed by atoms with Crippen LogP contribution in [0.5, 0.6) is 0 Å². The summed E-state index contributed by atoms with van der Waals surface area (Å²) in [7, 11) is 0. The van der Waals surface area contributed by atoms with Crippen LogP contribution in [0.1, 0.15) is 17.6 Å². The summed E-state index contributed by atoms with van der Waals surface area (Å²) in [5, 5.41) is 2.77. The smallest absolute Gasteiger partial charge is 0.240 e. The van der Waals surface area contributed by atoms with Crippen LogP contribution < -0.4 is 10.2 Å². The topological polar surface area (TPSA) is 62.6 Å². The average molecular weight is 336 g/mol. The molecule has 2 aromatic rings. The number of hydrogen-bond donors (Lipinski definition) is 1. The van der Waals surface area contributed by atoms with E-state index in [4.69, 9.17) is 4.42 Å². The van der Waals surface area contributed by atoms with Gasteiger partial charge in [0, 0.05) is 4.88 Å². The third-order valence-electron chi connectivity index (χ3n) is 3.34. The van der Waals surface area contributed by atoms with Crippen LogP contribution in [-0.2, 0) is 22.6 Å². The molecule has 0 saturated carbocycles. The van der Waals surface area contributed by atoms with E-state index in [-0.39, 0.29) is 18.4 Å². The standard InChI is InChI=1S/C15H16N2O3S2/c1-2-11-6-12-15(22-11)21-9-14(19)17(12)8-13(18)16-7-10-4-3-5-20-10/h3-6H,2,7-9H2,1H3,(H,16,18). The summed E-state index contributed by atoms with van der Waals surface area (Å²) < 4.78 is 6.29. The van der Waals surface area contributed by atoms with Crippen molar-refractivity contribution in [2.75, 3.05) is 17.2 Å². The Morgan fingerprint density at radius 3 is 3.09 bits per heavy atom. The molecule has 3 heterocycles. The Labute approximate surface area is 136 Å². The highest BCUT2D eigenvalue weighted by molar-refractivity contribution is 8.02. The lowest BCUT2D eigenvalue weighted by Crippen LogP contribution is -2.42. The van der Waals surface area contributed by atoms with E-state index in [2.05, 4.69) is 12.2 Å². The number of carbonyl (C=O) groups is 2. The predicted molar refractivity (Wildman–Crippen MR) is 87.3 cm³/mol. The maximum atomic E-state index is 12.1. The number of carbonyl (C=O) groups excluding carboxylic acids is 2. The van der Waals surface area contributed by atoms with Crippen molar-refractivity contribution in [3.8, 4) is 0 Å². The Morgan fingerprint density at radius 2 is 2.36 bits per heavy atom. The highest BCUT2D eigenvalue weighted by Gasteiger charge is 2.28. The summed E-state index contributed by atoms with van der Waals surface area (Å²) in [5.74, 6) is 0.874. The molecule has 0 bridgehead atoms. The number of hydrogen-bond acceptors (Lipinski definition) is 5. The third kappa shape index (κ3) is 3.20. The number of thiophene rings is 1. The number of rotatable bonds is 5. The van der Waals surface area contributed by atoms with Gasteiger partial charge in [0.25, 0.3) is 0 Å². The molecular formula is C15H16N2O3S2. The quantitative estimate of drug-likeness (QED) is 0.912. The first-order chi connectivity index (χ1) is 10.7. The number of nitrogens with one attached hydrogen (secondary N) is 1. The molecule has 7 heteroatoms. The first-order valence-electron chi connectivity index (χ1n) is 7.02. The van der Waals surface area contributed by atoms with Crippen LogP contribution in [0.2, 0.25) is 0 Å². The van der Waals surface area contributed by atoms with Crippen LogP contribution in [0.4, 0.5) is 5.69 Å². The van der Waals surface area contributed by atoms with Gasteiger partial charge in [-0.05, 0) is 24.6 Å². The average Bonchev–Trinajstić information content (AvgIpc) is 3.16. The maximum absolute atomic E-state index is 12.1. The summed E-state index contributed by atoms with van der Waals surface area (Å²) in [4.78, 5) is 27.0. The zero-order valence-corrected chi connectivity index (χ0v) is 13.8. The zero-order valence-electron chi connectivity index (χ0n) is 12.1. The monoisotopic (exact) mass is 336 g/mol. The van der Waals surface area contributed by atoms with Gasteiger partial charge in [-0.2, -0.15) is 0 Å². The molecule has 0 unspecified atom stereocenters. The third-order valence-corrected chi connectivity index (χ3v) is 5.87. The first-order valence-corrected chi connectivity index (χ1v) is 8.82. The van der Waals surface area contributed by atoms with E-state index in [0.717, 1.165) is 16.3 Å². The van der Waals surface area contributed by atoms with Crippen LogP contribution in [0.25, 0.3) is 0 Å². The van der Waals surface area contributed by atoms with Crippen molar-refractivity contribution in [2.45, 2.75) is 24.1 Å². The van der Waals surface area contributed by atoms with Crippen LogP contribution in [0, 0.1) is 0 Å². The zero-order chi connectivity index (χ0) is 15.5. The van der Waals surface area contributed by atoms with Gasteiger partial charge in [-0.1, -0.05) is 6.92 Å². The molecule has 0 radical (unpaired) electrons. The molecule has 5 nitrogen and oxygen atoms in total. The lowest BCUT2D eigenvalue weighted by Gasteiger charge is -2.25. The molecule has 0 spiro atoms. The van der Waals surface area contributed by atoms with Crippen LogP contribution in [-0.4, -0.2) is 24.1 Å². The van der Waals surface area contributed by atoms with Crippen molar-refractivity contribution >= 4 is 40.6 Å². The van der Waals surface area contributed by atoms with Crippen molar-refractivity contribution in [1.29, 1.82) is 0 Å². The minimum atomic E-state index is -0.188. The normalized spacial score (nSPS) is 14.0. The first kappa shape index (κ1) is 15.2. The van der Waals surface area contributed by atoms with Gasteiger partial charge in [-0.15, -0.1) is 23.1 Å². The highest BCUT2D eigenvalue weighted by Crippen LogP contribution is 2.42. The Hall–Kier alpha value is -1.73. The van der Waals surface area contributed by atoms with E-state index in [1.54, 1.807) is 46.4 Å². The summed E-state index contributed by atoms with van der Waals surface area (Å²) in [5.41, 5.74) is 0.872. The summed E-state index contributed by atoms with van der Waals surface area (Å²) in [6.07, 6.45) is 2.50. The molecule has 0 fully saturated rings. The lowest BCUT2D eigenvalue weighted by atomic mass is 10.3. The van der Waals surface area contributed by atoms with Gasteiger partial charge in [-0.3, -0.25) is 9.59 Å². The molecule has 1 aliphatic heterocycles. The number of fused-ring (bicyclic) bond motifs is 1. The van der Waals surface area contributed by atoms with Gasteiger partial charge in [0.15, 0.2) is 0 Å². The SMILES string of the molecule is CCc1cc2c(s1)SCC(=O)N2CC(=O)NCc1ccco1. The Kier molecular flexibility index (Phi) is 4.54. The lowest BCUT2D eigenvalue weighted by molar-refractivity contribution is -0.123. The van der Waals surface area contributed by atoms with Gasteiger partial charge in [0.2, 0.25) is 11.8 Å². The summed E-state index contributed by atoms with van der Waals surface area (Å²) in [6.45, 7) is 2.47. The maximum Gasteiger partial charge on any atom is 0.240 e. The van der Waals surface area contributed by atoms with Gasteiger partial charge in [0.05, 0.1) is 28.5 Å².